The van der Waals surface area contributed by atoms with Crippen LogP contribution < -0.4 is 0 Å². The molecule has 1 fully saturated rings. The Bertz CT molecular complexity index is 463. The van der Waals surface area contributed by atoms with Gasteiger partial charge in [-0.2, -0.15) is 0 Å². The van der Waals surface area contributed by atoms with Crippen LogP contribution in [0.2, 0.25) is 0 Å². The molecular formula is C13H16N2O4. The molecule has 2 N–H and O–H groups in total. The number of aromatic nitrogens is 1. The fourth-order valence-corrected chi connectivity index (χ4v) is 2.27. The van der Waals surface area contributed by atoms with Crippen LogP contribution in [0.15, 0.2) is 24.5 Å². The van der Waals surface area contributed by atoms with Crippen molar-refractivity contribution in [1.29, 1.82) is 0 Å². The van der Waals surface area contributed by atoms with Gasteiger partial charge in [-0.3, -0.25) is 9.78 Å². The molecule has 1 aromatic rings. The number of aliphatic carboxylic acids is 1. The zero-order valence-corrected chi connectivity index (χ0v) is 10.4. The Labute approximate surface area is 110 Å². The molecule has 2 atom stereocenters. The van der Waals surface area contributed by atoms with E-state index in [1.54, 1.807) is 12.4 Å². The Morgan fingerprint density at radius 3 is 2.68 bits per heavy atom. The van der Waals surface area contributed by atoms with Crippen molar-refractivity contribution in [3.63, 3.8) is 0 Å². The lowest BCUT2D eigenvalue weighted by atomic mass is 10.1. The van der Waals surface area contributed by atoms with Crippen molar-refractivity contribution in [2.45, 2.75) is 31.4 Å². The van der Waals surface area contributed by atoms with Gasteiger partial charge in [0.05, 0.1) is 6.10 Å². The lowest BCUT2D eigenvalue weighted by Gasteiger charge is -2.21. The molecule has 0 bridgehead atoms. The molecule has 1 aliphatic rings. The lowest BCUT2D eigenvalue weighted by Crippen LogP contribution is -2.40. The summed E-state index contributed by atoms with van der Waals surface area (Å²) in [6, 6.07) is 2.74. The molecule has 6 nitrogen and oxygen atoms in total. The van der Waals surface area contributed by atoms with E-state index < -0.39 is 18.1 Å². The van der Waals surface area contributed by atoms with E-state index in [1.165, 1.54) is 4.90 Å². The van der Waals surface area contributed by atoms with Crippen LogP contribution in [-0.4, -0.2) is 50.7 Å². The number of amides is 1. The average Bonchev–Trinajstić information content (AvgIpc) is 2.79. The lowest BCUT2D eigenvalue weighted by molar-refractivity contribution is -0.148. The molecule has 102 valence electrons. The van der Waals surface area contributed by atoms with Gasteiger partial charge in [-0.1, -0.05) is 0 Å². The van der Waals surface area contributed by atoms with Gasteiger partial charge in [0.2, 0.25) is 5.91 Å². The normalized spacial score (nSPS) is 22.5. The Morgan fingerprint density at radius 2 is 2.05 bits per heavy atom. The van der Waals surface area contributed by atoms with E-state index in [0.717, 1.165) is 5.56 Å². The topological polar surface area (TPSA) is 90.7 Å². The van der Waals surface area contributed by atoms with Gasteiger partial charge in [-0.05, 0) is 24.1 Å². The van der Waals surface area contributed by atoms with Crippen molar-refractivity contribution >= 4 is 11.9 Å². The molecule has 2 heterocycles. The van der Waals surface area contributed by atoms with Crippen molar-refractivity contribution in [3.05, 3.63) is 30.1 Å². The molecule has 2 rings (SSSR count). The van der Waals surface area contributed by atoms with Gasteiger partial charge >= 0.3 is 5.97 Å². The monoisotopic (exact) mass is 264 g/mol. The summed E-state index contributed by atoms with van der Waals surface area (Å²) >= 11 is 0. The number of likely N-dealkylation sites (tertiary alicyclic amines) is 1. The van der Waals surface area contributed by atoms with Crippen molar-refractivity contribution in [3.8, 4) is 0 Å². The number of carboxylic acids is 1. The standard InChI is InChI=1S/C13H16N2O4/c16-10-7-11(13(18)19)15(8-10)12(17)2-1-9-3-5-14-6-4-9/h3-6,10-11,16H,1-2,7-8H2,(H,18,19)/t10?,11-/m0/s1. The number of nitrogens with zero attached hydrogens (tertiary/aromatic N) is 2. The Balaban J connectivity index is 1.94. The van der Waals surface area contributed by atoms with Crippen molar-refractivity contribution in [2.24, 2.45) is 0 Å². The van der Waals surface area contributed by atoms with Crippen LogP contribution in [-0.2, 0) is 16.0 Å². The number of hydrogen-bond donors (Lipinski definition) is 2. The number of rotatable bonds is 4. The second-order valence-electron chi connectivity index (χ2n) is 4.65. The van der Waals surface area contributed by atoms with Gasteiger partial charge in [-0.15, -0.1) is 0 Å². The van der Waals surface area contributed by atoms with Crippen LogP contribution in [0.3, 0.4) is 0 Å². The zero-order chi connectivity index (χ0) is 13.8. The SMILES string of the molecule is O=C(O)[C@@H]1CC(O)CN1C(=O)CCc1ccncc1. The largest absolute Gasteiger partial charge is 0.480 e. The molecule has 0 saturated carbocycles. The van der Waals surface area contributed by atoms with E-state index in [4.69, 9.17) is 5.11 Å². The van der Waals surface area contributed by atoms with E-state index in [2.05, 4.69) is 4.98 Å². The maximum atomic E-state index is 12.0. The minimum Gasteiger partial charge on any atom is -0.480 e. The van der Waals surface area contributed by atoms with Crippen LogP contribution in [0.5, 0.6) is 0 Å². The summed E-state index contributed by atoms with van der Waals surface area (Å²) < 4.78 is 0. The third-order valence-corrected chi connectivity index (χ3v) is 3.26. The van der Waals surface area contributed by atoms with Gasteiger partial charge in [0, 0.05) is 31.8 Å². The van der Waals surface area contributed by atoms with Crippen molar-refractivity contribution < 1.29 is 19.8 Å². The first kappa shape index (κ1) is 13.5. The second kappa shape index (κ2) is 5.79. The highest BCUT2D eigenvalue weighted by molar-refractivity contribution is 5.84. The molecule has 0 spiro atoms. The zero-order valence-electron chi connectivity index (χ0n) is 10.4. The van der Waals surface area contributed by atoms with E-state index in [0.29, 0.717) is 6.42 Å². The summed E-state index contributed by atoms with van der Waals surface area (Å²) in [5, 5.41) is 18.5. The molecule has 6 heteroatoms. The van der Waals surface area contributed by atoms with Gasteiger partial charge < -0.3 is 15.1 Å². The van der Waals surface area contributed by atoms with Gasteiger partial charge in [0.1, 0.15) is 6.04 Å². The minimum absolute atomic E-state index is 0.103. The van der Waals surface area contributed by atoms with E-state index in [1.807, 2.05) is 12.1 Å². The first-order valence-corrected chi connectivity index (χ1v) is 6.17. The summed E-state index contributed by atoms with van der Waals surface area (Å²) in [7, 11) is 0. The number of hydrogen-bond acceptors (Lipinski definition) is 4. The predicted octanol–water partition coefficient (Wildman–Crippen LogP) is 0.0606. The van der Waals surface area contributed by atoms with Crippen LogP contribution in [0.25, 0.3) is 0 Å². The maximum Gasteiger partial charge on any atom is 0.326 e. The number of β-amino-alcohol motifs (C(OH)–C–C–N with tert-alkyl or cyclic N) is 1. The summed E-state index contributed by atoms with van der Waals surface area (Å²) in [6.07, 6.45) is 3.45. The second-order valence-corrected chi connectivity index (χ2v) is 4.65. The summed E-state index contributed by atoms with van der Waals surface area (Å²) in [6.45, 7) is 0.103. The fourth-order valence-electron chi connectivity index (χ4n) is 2.27. The number of pyridine rings is 1. The number of carbonyl (C=O) groups excluding carboxylic acids is 1. The van der Waals surface area contributed by atoms with Crippen LogP contribution in [0, 0.1) is 0 Å². The summed E-state index contributed by atoms with van der Waals surface area (Å²) in [4.78, 5) is 28.2. The highest BCUT2D eigenvalue weighted by Gasteiger charge is 2.38. The molecule has 1 aromatic heterocycles. The third-order valence-electron chi connectivity index (χ3n) is 3.26. The van der Waals surface area contributed by atoms with Gasteiger partial charge in [-0.25, -0.2) is 4.79 Å². The van der Waals surface area contributed by atoms with Crippen LogP contribution in [0.4, 0.5) is 0 Å². The molecule has 19 heavy (non-hydrogen) atoms. The Morgan fingerprint density at radius 1 is 1.37 bits per heavy atom. The molecule has 0 aromatic carbocycles. The number of aliphatic hydroxyl groups is 1. The molecule has 1 unspecified atom stereocenters. The Kier molecular flexibility index (Phi) is 4.11. The first-order valence-electron chi connectivity index (χ1n) is 6.17. The smallest absolute Gasteiger partial charge is 0.326 e. The van der Waals surface area contributed by atoms with E-state index in [9.17, 15) is 14.7 Å². The first-order chi connectivity index (χ1) is 9.08. The minimum atomic E-state index is -1.06. The summed E-state index contributed by atoms with van der Waals surface area (Å²) in [5.74, 6) is -1.30. The van der Waals surface area contributed by atoms with E-state index >= 15 is 0 Å². The Hall–Kier alpha value is -1.95. The van der Waals surface area contributed by atoms with Crippen LogP contribution >= 0.6 is 0 Å². The maximum absolute atomic E-state index is 12.0. The molecule has 0 aliphatic carbocycles. The number of carboxylic acid groups (broad SMARTS) is 1. The third kappa shape index (κ3) is 3.29. The molecule has 1 saturated heterocycles. The number of carbonyl (C=O) groups is 2. The van der Waals surface area contributed by atoms with Crippen LogP contribution in [0.1, 0.15) is 18.4 Å². The quantitative estimate of drug-likeness (QED) is 0.802. The highest BCUT2D eigenvalue weighted by Crippen LogP contribution is 2.19. The molecular weight excluding hydrogens is 248 g/mol. The highest BCUT2D eigenvalue weighted by atomic mass is 16.4. The number of aliphatic hydroxyl groups excluding tert-OH is 1. The molecule has 1 amide bonds. The predicted molar refractivity (Wildman–Crippen MR) is 66.3 cm³/mol. The molecule has 1 aliphatic heterocycles. The molecule has 0 radical (unpaired) electrons. The van der Waals surface area contributed by atoms with E-state index in [-0.39, 0.29) is 25.3 Å². The van der Waals surface area contributed by atoms with Crippen molar-refractivity contribution in [2.75, 3.05) is 6.54 Å². The average molecular weight is 264 g/mol. The fraction of sp³-hybridized carbons (Fsp3) is 0.462. The number of aryl methyl sites for hydroxylation is 1. The van der Waals surface area contributed by atoms with Gasteiger partial charge in [0.25, 0.3) is 0 Å². The van der Waals surface area contributed by atoms with Gasteiger partial charge in [0.15, 0.2) is 0 Å². The summed E-state index contributed by atoms with van der Waals surface area (Å²) in [5.41, 5.74) is 0.981. The van der Waals surface area contributed by atoms with Crippen molar-refractivity contribution in [1.82, 2.24) is 9.88 Å².